The van der Waals surface area contributed by atoms with Gasteiger partial charge in [0.15, 0.2) is 5.96 Å². The molecule has 0 saturated carbocycles. The molecule has 0 bridgehead atoms. The van der Waals surface area contributed by atoms with E-state index < -0.39 is 10.0 Å². The second-order valence-electron chi connectivity index (χ2n) is 7.26. The lowest BCUT2D eigenvalue weighted by atomic mass is 10.2. The van der Waals surface area contributed by atoms with Crippen LogP contribution in [-0.4, -0.2) is 47.8 Å². The standard InChI is InChI=1S/C22H30N4O4S/c1-23-22(25-15-18-5-3-6-19(13-18)29-2)24-14-17-8-10-21(11-9-17)31(27,28)26-16-20-7-4-12-30-20/h3,5-6,8-11,13,20,26H,4,7,12,14-16H2,1-2H3,(H2,23,24,25). The Bertz CT molecular complexity index is 971. The lowest BCUT2D eigenvalue weighted by molar-refractivity contribution is 0.114. The quantitative estimate of drug-likeness (QED) is 0.402. The highest BCUT2D eigenvalue weighted by molar-refractivity contribution is 7.89. The molecule has 0 aromatic heterocycles. The summed E-state index contributed by atoms with van der Waals surface area (Å²) in [5.74, 6) is 1.46. The van der Waals surface area contributed by atoms with Gasteiger partial charge < -0.3 is 20.1 Å². The molecule has 8 nitrogen and oxygen atoms in total. The number of nitrogens with one attached hydrogen (secondary N) is 3. The third kappa shape index (κ3) is 6.95. The number of hydrogen-bond acceptors (Lipinski definition) is 5. The molecule has 3 N–H and O–H groups in total. The number of methoxy groups -OCH3 is 1. The SMILES string of the molecule is CN=C(NCc1ccc(S(=O)(=O)NCC2CCCO2)cc1)NCc1cccc(OC)c1. The molecule has 0 radical (unpaired) electrons. The molecule has 1 saturated heterocycles. The fraction of sp³-hybridized carbons (Fsp3) is 0.409. The van der Waals surface area contributed by atoms with Gasteiger partial charge in [-0.2, -0.15) is 0 Å². The summed E-state index contributed by atoms with van der Waals surface area (Å²) < 4.78 is 38.3. The Hall–Kier alpha value is -2.62. The largest absolute Gasteiger partial charge is 0.497 e. The molecule has 2 aromatic rings. The van der Waals surface area contributed by atoms with Crippen LogP contribution in [0.25, 0.3) is 0 Å². The van der Waals surface area contributed by atoms with Crippen molar-refractivity contribution in [3.63, 3.8) is 0 Å². The predicted molar refractivity (Wildman–Crippen MR) is 121 cm³/mol. The molecule has 31 heavy (non-hydrogen) atoms. The monoisotopic (exact) mass is 446 g/mol. The Morgan fingerprint density at radius 2 is 1.87 bits per heavy atom. The third-order valence-electron chi connectivity index (χ3n) is 5.04. The van der Waals surface area contributed by atoms with Gasteiger partial charge in [0.1, 0.15) is 5.75 Å². The van der Waals surface area contributed by atoms with Gasteiger partial charge in [0.2, 0.25) is 10.0 Å². The average Bonchev–Trinajstić information content (AvgIpc) is 3.32. The molecule has 168 valence electrons. The van der Waals surface area contributed by atoms with E-state index in [9.17, 15) is 8.42 Å². The molecule has 1 fully saturated rings. The van der Waals surface area contributed by atoms with Crippen LogP contribution in [0, 0.1) is 0 Å². The van der Waals surface area contributed by atoms with Gasteiger partial charge in [0.05, 0.1) is 18.1 Å². The van der Waals surface area contributed by atoms with E-state index in [4.69, 9.17) is 9.47 Å². The first kappa shape index (κ1) is 23.1. The van der Waals surface area contributed by atoms with E-state index in [0.29, 0.717) is 32.2 Å². The van der Waals surface area contributed by atoms with Crippen molar-refractivity contribution >= 4 is 16.0 Å². The van der Waals surface area contributed by atoms with E-state index in [1.807, 2.05) is 24.3 Å². The fourth-order valence-electron chi connectivity index (χ4n) is 3.25. The molecule has 1 unspecified atom stereocenters. The zero-order chi connectivity index (χ0) is 22.1. The number of benzene rings is 2. The van der Waals surface area contributed by atoms with Gasteiger partial charge in [-0.1, -0.05) is 24.3 Å². The number of aliphatic imine (C=N–C) groups is 1. The number of hydrogen-bond donors (Lipinski definition) is 3. The minimum atomic E-state index is -3.54. The first-order valence-corrected chi connectivity index (χ1v) is 11.8. The summed E-state index contributed by atoms with van der Waals surface area (Å²) in [7, 11) is -0.195. The van der Waals surface area contributed by atoms with Gasteiger partial charge in [-0.25, -0.2) is 13.1 Å². The lowest BCUT2D eigenvalue weighted by Crippen LogP contribution is -2.36. The van der Waals surface area contributed by atoms with Gasteiger partial charge in [-0.15, -0.1) is 0 Å². The van der Waals surface area contributed by atoms with Crippen molar-refractivity contribution in [2.24, 2.45) is 4.99 Å². The number of sulfonamides is 1. The Morgan fingerprint density at radius 3 is 2.52 bits per heavy atom. The second kappa shape index (κ2) is 11.1. The summed E-state index contributed by atoms with van der Waals surface area (Å²) in [5.41, 5.74) is 2.02. The van der Waals surface area contributed by atoms with Crippen LogP contribution in [0.2, 0.25) is 0 Å². The van der Waals surface area contributed by atoms with E-state index in [1.54, 1.807) is 38.4 Å². The molecule has 1 aliphatic heterocycles. The molecular weight excluding hydrogens is 416 g/mol. The van der Waals surface area contributed by atoms with Gasteiger partial charge in [0, 0.05) is 33.3 Å². The normalized spacial score (nSPS) is 16.8. The maximum Gasteiger partial charge on any atom is 0.240 e. The zero-order valence-corrected chi connectivity index (χ0v) is 18.7. The maximum atomic E-state index is 12.5. The van der Waals surface area contributed by atoms with Crippen LogP contribution in [0.1, 0.15) is 24.0 Å². The van der Waals surface area contributed by atoms with Crippen LogP contribution < -0.4 is 20.1 Å². The van der Waals surface area contributed by atoms with Crippen molar-refractivity contribution < 1.29 is 17.9 Å². The zero-order valence-electron chi connectivity index (χ0n) is 17.9. The van der Waals surface area contributed by atoms with E-state index in [2.05, 4.69) is 20.3 Å². The van der Waals surface area contributed by atoms with Gasteiger partial charge in [-0.05, 0) is 48.2 Å². The van der Waals surface area contributed by atoms with Crippen molar-refractivity contribution in [1.29, 1.82) is 0 Å². The minimum absolute atomic E-state index is 0.0329. The van der Waals surface area contributed by atoms with E-state index in [0.717, 1.165) is 29.7 Å². The number of nitrogens with zero attached hydrogens (tertiary/aromatic N) is 1. The lowest BCUT2D eigenvalue weighted by Gasteiger charge is -2.13. The topological polar surface area (TPSA) is 101 Å². The molecule has 1 atom stereocenters. The van der Waals surface area contributed by atoms with Crippen LogP contribution in [0.15, 0.2) is 58.4 Å². The molecule has 0 spiro atoms. The Morgan fingerprint density at radius 1 is 1.13 bits per heavy atom. The Labute approximate surface area is 184 Å². The summed E-state index contributed by atoms with van der Waals surface area (Å²) in [6.45, 7) is 2.12. The van der Waals surface area contributed by atoms with Gasteiger partial charge in [-0.3, -0.25) is 4.99 Å². The highest BCUT2D eigenvalue weighted by Gasteiger charge is 2.20. The van der Waals surface area contributed by atoms with Crippen molar-refractivity contribution in [3.8, 4) is 5.75 Å². The van der Waals surface area contributed by atoms with Gasteiger partial charge >= 0.3 is 0 Å². The number of rotatable bonds is 9. The number of guanidine groups is 1. The molecular formula is C22H30N4O4S. The van der Waals surface area contributed by atoms with Crippen molar-refractivity contribution in [1.82, 2.24) is 15.4 Å². The highest BCUT2D eigenvalue weighted by atomic mass is 32.2. The molecule has 1 heterocycles. The highest BCUT2D eigenvalue weighted by Crippen LogP contribution is 2.14. The molecule has 2 aromatic carbocycles. The summed E-state index contributed by atoms with van der Waals surface area (Å²) >= 11 is 0. The van der Waals surface area contributed by atoms with Crippen molar-refractivity contribution in [2.45, 2.75) is 36.9 Å². The van der Waals surface area contributed by atoms with E-state index in [1.165, 1.54) is 0 Å². The van der Waals surface area contributed by atoms with Crippen LogP contribution in [0.4, 0.5) is 0 Å². The molecule has 9 heteroatoms. The second-order valence-corrected chi connectivity index (χ2v) is 9.03. The van der Waals surface area contributed by atoms with E-state index >= 15 is 0 Å². The smallest absolute Gasteiger partial charge is 0.240 e. The third-order valence-corrected chi connectivity index (χ3v) is 6.48. The summed E-state index contributed by atoms with van der Waals surface area (Å²) in [6, 6.07) is 14.6. The first-order chi connectivity index (χ1) is 15.0. The predicted octanol–water partition coefficient (Wildman–Crippen LogP) is 2.02. The van der Waals surface area contributed by atoms with Crippen LogP contribution in [0.5, 0.6) is 5.75 Å². The molecule has 1 aliphatic rings. The Balaban J connectivity index is 1.49. The fourth-order valence-corrected chi connectivity index (χ4v) is 4.32. The summed E-state index contributed by atoms with van der Waals surface area (Å²) in [5, 5.41) is 6.48. The van der Waals surface area contributed by atoms with Crippen LogP contribution in [-0.2, 0) is 27.8 Å². The maximum absolute atomic E-state index is 12.5. The van der Waals surface area contributed by atoms with Crippen molar-refractivity contribution in [3.05, 3.63) is 59.7 Å². The average molecular weight is 447 g/mol. The first-order valence-electron chi connectivity index (χ1n) is 10.3. The summed E-state index contributed by atoms with van der Waals surface area (Å²) in [6.07, 6.45) is 1.83. The van der Waals surface area contributed by atoms with Gasteiger partial charge in [0.25, 0.3) is 0 Å². The summed E-state index contributed by atoms with van der Waals surface area (Å²) in [4.78, 5) is 4.47. The molecule has 0 aliphatic carbocycles. The van der Waals surface area contributed by atoms with Crippen LogP contribution >= 0.6 is 0 Å². The van der Waals surface area contributed by atoms with Crippen molar-refractivity contribution in [2.75, 3.05) is 27.3 Å². The minimum Gasteiger partial charge on any atom is -0.497 e. The van der Waals surface area contributed by atoms with E-state index in [-0.39, 0.29) is 11.0 Å². The Kier molecular flexibility index (Phi) is 8.27. The van der Waals surface area contributed by atoms with Crippen LogP contribution in [0.3, 0.4) is 0 Å². The molecule has 0 amide bonds. The number of ether oxygens (including phenoxy) is 2. The molecule has 3 rings (SSSR count).